The number of imide groups is 1. The third-order valence-electron chi connectivity index (χ3n) is 15.5. The number of fused-ring (bicyclic) bond motifs is 3. The molecule has 6 aliphatic rings. The molecule has 1 unspecified atom stereocenters. The average Bonchev–Trinajstić information content (AvgIpc) is 3.99. The van der Waals surface area contributed by atoms with Crippen LogP contribution in [0.25, 0.3) is 0 Å². The third-order valence-corrected chi connectivity index (χ3v) is 16.0. The molecule has 70 heavy (non-hydrogen) atoms. The quantitative estimate of drug-likeness (QED) is 0.127. The molecule has 4 N–H and O–H groups in total. The number of piperidine rings is 2. The summed E-state index contributed by atoms with van der Waals surface area (Å²) < 4.78 is 22.1. The highest BCUT2D eigenvalue weighted by Crippen LogP contribution is 2.57. The molecular weight excluding hydrogens is 935 g/mol. The topological polar surface area (TPSA) is 156 Å². The largest absolute Gasteiger partial charge is 0.495 e. The Morgan fingerprint density at radius 3 is 2.41 bits per heavy atom. The van der Waals surface area contributed by atoms with Crippen molar-refractivity contribution in [3.05, 3.63) is 116 Å². The number of anilines is 3. The first-order valence-electron chi connectivity index (χ1n) is 24.3. The SMILES string of the molecule is COc1cc(C(=O)N2CCC(N3CCN(c4ccc5c(c4)CN(C4CCC(=O)NC4=O)C5=O)CC3)CC2)ccc1NC(=O)[C@@H]1N[C@@H](CC(C)(C)C)[C@@]2(CNc3cc(Cl)ccc32)[C@H]1c1cccc(Cl)c1F. The van der Waals surface area contributed by atoms with E-state index in [0.29, 0.717) is 78.2 Å². The fourth-order valence-electron chi connectivity index (χ4n) is 12.1. The van der Waals surface area contributed by atoms with Gasteiger partial charge >= 0.3 is 0 Å². The molecule has 0 aromatic heterocycles. The van der Waals surface area contributed by atoms with Gasteiger partial charge in [-0.3, -0.25) is 34.2 Å². The molecule has 14 nitrogen and oxygen atoms in total. The summed E-state index contributed by atoms with van der Waals surface area (Å²) in [6, 6.07) is 20.2. The van der Waals surface area contributed by atoms with Crippen molar-refractivity contribution < 1.29 is 33.1 Å². The molecule has 4 aromatic carbocycles. The van der Waals surface area contributed by atoms with E-state index in [2.05, 4.69) is 57.9 Å². The lowest BCUT2D eigenvalue weighted by molar-refractivity contribution is -0.137. The molecule has 4 aromatic rings. The Morgan fingerprint density at radius 2 is 1.69 bits per heavy atom. The molecule has 4 saturated heterocycles. The number of carbonyl (C=O) groups is 5. The highest BCUT2D eigenvalue weighted by atomic mass is 35.5. The van der Waals surface area contributed by atoms with Crippen LogP contribution in [0.15, 0.2) is 72.8 Å². The maximum Gasteiger partial charge on any atom is 0.255 e. The van der Waals surface area contributed by atoms with Gasteiger partial charge in [0, 0.05) is 110 Å². The Labute approximate surface area is 417 Å². The smallest absolute Gasteiger partial charge is 0.255 e. The van der Waals surface area contributed by atoms with E-state index >= 15 is 4.39 Å². The van der Waals surface area contributed by atoms with Crippen molar-refractivity contribution in [1.29, 1.82) is 0 Å². The molecule has 0 radical (unpaired) electrons. The van der Waals surface area contributed by atoms with E-state index in [9.17, 15) is 24.0 Å². The molecule has 6 heterocycles. The molecule has 4 fully saturated rings. The lowest BCUT2D eigenvalue weighted by Crippen LogP contribution is -2.53. The first kappa shape index (κ1) is 47.9. The number of amides is 5. The summed E-state index contributed by atoms with van der Waals surface area (Å²) in [6.45, 7) is 11.8. The van der Waals surface area contributed by atoms with Gasteiger partial charge in [-0.15, -0.1) is 0 Å². The van der Waals surface area contributed by atoms with Crippen LogP contribution in [0.1, 0.15) is 96.2 Å². The van der Waals surface area contributed by atoms with Crippen LogP contribution in [0.3, 0.4) is 0 Å². The summed E-state index contributed by atoms with van der Waals surface area (Å²) >= 11 is 12.9. The van der Waals surface area contributed by atoms with Crippen molar-refractivity contribution in [3.63, 3.8) is 0 Å². The van der Waals surface area contributed by atoms with Gasteiger partial charge in [0.25, 0.3) is 11.8 Å². The van der Waals surface area contributed by atoms with E-state index in [1.54, 1.807) is 35.2 Å². The molecule has 1 spiro atoms. The molecular formula is C53H59Cl2FN8O6. The standard InChI is InChI=1S/C53H59Cl2FN8O6/c1-52(2,3)27-43-53(29-57-40-26-32(54)9-12-37(40)53)45(36-6-5-7-38(55)46(36)56)47(59-43)49(67)58-39-13-8-30(25-42(39)70-4)50(68)63-18-16-33(17-19-63)61-20-22-62(23-21-61)34-10-11-35-31(24-34)28-64(51(35)69)41-14-15-44(65)60-48(41)66/h5-13,24-26,33,41,43,45,47,57,59H,14-23,27-29H2,1-4H3,(H,58,67)(H,60,65,66)/t41?,43-,45-,47+,53-/m0/s1. The second kappa shape index (κ2) is 18.8. The van der Waals surface area contributed by atoms with Crippen LogP contribution in [-0.4, -0.2) is 121 Å². The van der Waals surface area contributed by atoms with E-state index in [1.807, 2.05) is 35.2 Å². The van der Waals surface area contributed by atoms with Crippen molar-refractivity contribution in [1.82, 2.24) is 25.3 Å². The number of rotatable bonds is 9. The predicted molar refractivity (Wildman–Crippen MR) is 267 cm³/mol. The highest BCUT2D eigenvalue weighted by Gasteiger charge is 2.61. The molecule has 0 aliphatic carbocycles. The zero-order valence-corrected chi connectivity index (χ0v) is 41.4. The fourth-order valence-corrected chi connectivity index (χ4v) is 12.5. The third kappa shape index (κ3) is 8.77. The van der Waals surface area contributed by atoms with Gasteiger partial charge in [-0.05, 0) is 102 Å². The van der Waals surface area contributed by atoms with Gasteiger partial charge in [-0.2, -0.15) is 0 Å². The molecule has 5 atom stereocenters. The minimum atomic E-state index is -0.884. The molecule has 0 saturated carbocycles. The Morgan fingerprint density at radius 1 is 0.914 bits per heavy atom. The van der Waals surface area contributed by atoms with Crippen molar-refractivity contribution in [3.8, 4) is 5.75 Å². The van der Waals surface area contributed by atoms with Crippen LogP contribution in [0.2, 0.25) is 10.0 Å². The molecule has 0 bridgehead atoms. The van der Waals surface area contributed by atoms with Crippen LogP contribution in [0.4, 0.5) is 21.5 Å². The summed E-state index contributed by atoms with van der Waals surface area (Å²) in [4.78, 5) is 74.6. The average molecular weight is 994 g/mol. The number of hydrogen-bond acceptors (Lipinski definition) is 10. The Balaban J connectivity index is 0.785. The van der Waals surface area contributed by atoms with Gasteiger partial charge in [-0.1, -0.05) is 62.2 Å². The number of halogens is 3. The van der Waals surface area contributed by atoms with E-state index in [-0.39, 0.29) is 46.5 Å². The van der Waals surface area contributed by atoms with Gasteiger partial charge in [0.2, 0.25) is 17.7 Å². The Bertz CT molecular complexity index is 2770. The lowest BCUT2D eigenvalue weighted by atomic mass is 9.63. The minimum absolute atomic E-state index is 0.0187. The summed E-state index contributed by atoms with van der Waals surface area (Å²) in [7, 11) is 1.51. The second-order valence-corrected chi connectivity index (χ2v) is 21.7. The summed E-state index contributed by atoms with van der Waals surface area (Å²) in [5, 5.41) is 13.2. The Kier molecular flexibility index (Phi) is 12.9. The molecule has 368 valence electrons. The van der Waals surface area contributed by atoms with Crippen LogP contribution in [0.5, 0.6) is 5.75 Å². The van der Waals surface area contributed by atoms with Crippen molar-refractivity contribution in [2.24, 2.45) is 5.41 Å². The van der Waals surface area contributed by atoms with Gasteiger partial charge < -0.3 is 35.4 Å². The van der Waals surface area contributed by atoms with Gasteiger partial charge in [0.05, 0.1) is 23.9 Å². The Hall–Kier alpha value is -5.74. The maximum absolute atomic E-state index is 16.3. The highest BCUT2D eigenvalue weighted by molar-refractivity contribution is 6.31. The second-order valence-electron chi connectivity index (χ2n) is 20.9. The predicted octanol–water partition coefficient (Wildman–Crippen LogP) is 7.19. The number of methoxy groups -OCH3 is 1. The monoisotopic (exact) mass is 992 g/mol. The minimum Gasteiger partial charge on any atom is -0.495 e. The summed E-state index contributed by atoms with van der Waals surface area (Å²) in [6.07, 6.45) is 2.91. The first-order chi connectivity index (χ1) is 33.5. The number of piperazine rings is 1. The number of hydrogen-bond donors (Lipinski definition) is 4. The molecule has 5 amide bonds. The lowest BCUT2D eigenvalue weighted by Gasteiger charge is -2.43. The number of ether oxygens (including phenoxy) is 1. The number of carbonyl (C=O) groups excluding carboxylic acids is 5. The van der Waals surface area contributed by atoms with Gasteiger partial charge in [-0.25, -0.2) is 4.39 Å². The van der Waals surface area contributed by atoms with E-state index in [4.69, 9.17) is 27.9 Å². The zero-order valence-electron chi connectivity index (χ0n) is 39.9. The maximum atomic E-state index is 16.3. The zero-order chi connectivity index (χ0) is 49.2. The van der Waals surface area contributed by atoms with Crippen LogP contribution < -0.4 is 30.9 Å². The number of benzene rings is 4. The fraction of sp³-hybridized carbons (Fsp3) is 0.453. The van der Waals surface area contributed by atoms with E-state index < -0.39 is 35.1 Å². The first-order valence-corrected chi connectivity index (χ1v) is 25.1. The van der Waals surface area contributed by atoms with Crippen molar-refractivity contribution in [2.45, 2.75) is 94.9 Å². The van der Waals surface area contributed by atoms with Crippen molar-refractivity contribution in [2.75, 3.05) is 68.5 Å². The van der Waals surface area contributed by atoms with Gasteiger partial charge in [0.1, 0.15) is 17.6 Å². The summed E-state index contributed by atoms with van der Waals surface area (Å²) in [5.41, 5.74) is 4.64. The normalized spacial score (nSPS) is 25.0. The van der Waals surface area contributed by atoms with Gasteiger partial charge in [0.15, 0.2) is 0 Å². The van der Waals surface area contributed by atoms with E-state index in [0.717, 1.165) is 61.5 Å². The molecule has 10 rings (SSSR count). The number of nitrogens with zero attached hydrogens (tertiary/aromatic N) is 4. The van der Waals surface area contributed by atoms with Crippen molar-refractivity contribution >= 4 is 69.8 Å². The number of likely N-dealkylation sites (tertiary alicyclic amines) is 1. The molecule has 6 aliphatic heterocycles. The van der Waals surface area contributed by atoms with E-state index in [1.165, 1.54) is 13.2 Å². The van der Waals surface area contributed by atoms with Crippen LogP contribution in [-0.2, 0) is 26.3 Å². The van der Waals surface area contributed by atoms with Crippen LogP contribution >= 0.6 is 23.2 Å². The van der Waals surface area contributed by atoms with Crippen LogP contribution in [0, 0.1) is 11.2 Å². The molecule has 17 heteroatoms. The summed E-state index contributed by atoms with van der Waals surface area (Å²) in [5.74, 6) is -2.28. The number of nitrogens with one attached hydrogen (secondary N) is 4.